The zero-order valence-corrected chi connectivity index (χ0v) is 30.7. The van der Waals surface area contributed by atoms with E-state index in [4.69, 9.17) is 15.0 Å². The van der Waals surface area contributed by atoms with Crippen LogP contribution in [0.15, 0.2) is 188 Å². The second-order valence-corrected chi connectivity index (χ2v) is 15.4. The van der Waals surface area contributed by atoms with Crippen molar-refractivity contribution in [2.75, 3.05) is 0 Å². The summed E-state index contributed by atoms with van der Waals surface area (Å²) in [6, 6.07) is 68.3. The van der Waals surface area contributed by atoms with Gasteiger partial charge in [-0.3, -0.25) is 0 Å². The normalized spacial score (nSPS) is 13.4. The van der Waals surface area contributed by atoms with E-state index in [1.54, 1.807) is 0 Å². The summed E-state index contributed by atoms with van der Waals surface area (Å²) in [5.74, 6) is 1.97. The predicted octanol–water partition coefficient (Wildman–Crippen LogP) is 13.3. The highest BCUT2D eigenvalue weighted by Crippen LogP contribution is 2.63. The lowest BCUT2D eigenvalue weighted by Crippen LogP contribution is -2.26. The van der Waals surface area contributed by atoms with E-state index in [0.29, 0.717) is 17.5 Å². The number of aromatic nitrogens is 3. The van der Waals surface area contributed by atoms with Crippen LogP contribution in [0, 0.1) is 0 Å². The average molecular weight is 722 g/mol. The molecule has 0 amide bonds. The highest BCUT2D eigenvalue weighted by atomic mass is 15.0. The maximum absolute atomic E-state index is 5.41. The van der Waals surface area contributed by atoms with Crippen molar-refractivity contribution in [1.82, 2.24) is 15.0 Å². The molecule has 0 fully saturated rings. The molecule has 0 unspecified atom stereocenters. The SMILES string of the molecule is c1ccc(-c2nc(-c3ccc4c5ccccc5c5ccccc5c4c3)nc(-c3cccc4c3-c3ccccc3C43c4cccc5ccc6cccc3c6c45)n2)cc1. The van der Waals surface area contributed by atoms with Crippen LogP contribution in [-0.4, -0.2) is 15.0 Å². The summed E-state index contributed by atoms with van der Waals surface area (Å²) >= 11 is 0. The third kappa shape index (κ3) is 4.02. The summed E-state index contributed by atoms with van der Waals surface area (Å²) in [7, 11) is 0. The van der Waals surface area contributed by atoms with Crippen molar-refractivity contribution in [3.63, 3.8) is 0 Å². The Morgan fingerprint density at radius 3 is 1.47 bits per heavy atom. The van der Waals surface area contributed by atoms with Gasteiger partial charge in [0.25, 0.3) is 0 Å². The van der Waals surface area contributed by atoms with E-state index in [1.807, 2.05) is 18.2 Å². The first-order valence-corrected chi connectivity index (χ1v) is 19.6. The van der Waals surface area contributed by atoms with Gasteiger partial charge in [0.1, 0.15) is 0 Å². The van der Waals surface area contributed by atoms with Crippen LogP contribution >= 0.6 is 0 Å². The number of fused-ring (bicyclic) bond motifs is 13. The Balaban J connectivity index is 1.09. The molecular formula is C54H31N3. The largest absolute Gasteiger partial charge is 0.208 e. The van der Waals surface area contributed by atoms with Crippen molar-refractivity contribution in [2.45, 2.75) is 5.41 Å². The fourth-order valence-electron chi connectivity index (χ4n) is 10.4. The van der Waals surface area contributed by atoms with Crippen LogP contribution in [0.1, 0.15) is 22.3 Å². The van der Waals surface area contributed by atoms with Crippen molar-refractivity contribution < 1.29 is 0 Å². The Labute approximate surface area is 328 Å². The third-order valence-corrected chi connectivity index (χ3v) is 12.7. The van der Waals surface area contributed by atoms with Crippen LogP contribution in [0.3, 0.4) is 0 Å². The molecule has 0 aliphatic heterocycles. The minimum atomic E-state index is -0.467. The molecule has 3 nitrogen and oxygen atoms in total. The second-order valence-electron chi connectivity index (χ2n) is 15.4. The van der Waals surface area contributed by atoms with Gasteiger partial charge in [0.2, 0.25) is 0 Å². The van der Waals surface area contributed by atoms with E-state index in [0.717, 1.165) is 16.7 Å². The molecule has 11 aromatic rings. The summed E-state index contributed by atoms with van der Waals surface area (Å²) in [6.45, 7) is 0. The quantitative estimate of drug-likeness (QED) is 0.171. The third-order valence-electron chi connectivity index (χ3n) is 12.7. The summed E-state index contributed by atoms with van der Waals surface area (Å²) in [6.07, 6.45) is 0. The molecule has 3 heteroatoms. The van der Waals surface area contributed by atoms with Crippen LogP contribution in [0.25, 0.3) is 99.2 Å². The summed E-state index contributed by atoms with van der Waals surface area (Å²) in [4.78, 5) is 15.9. The lowest BCUT2D eigenvalue weighted by Gasteiger charge is -2.31. The van der Waals surface area contributed by atoms with Crippen molar-refractivity contribution in [3.05, 3.63) is 210 Å². The first kappa shape index (κ1) is 30.8. The maximum Gasteiger partial charge on any atom is 0.164 e. The van der Waals surface area contributed by atoms with Crippen molar-refractivity contribution in [2.24, 2.45) is 0 Å². The standard InChI is InChI=1S/C54H31N3/c1-2-13-34(14-3-1)51-55-52(35-29-30-40-38-19-5-4-17-36(38)37-18-6-7-20-39(37)43(40)31-35)57-53(56-51)42-22-12-26-47-50(42)41-21-8-9-23-44(41)54(47)45-24-10-15-32-27-28-33-16-11-25-46(54)49(33)48(32)45/h1-31H. The number of benzene rings is 10. The van der Waals surface area contributed by atoms with Gasteiger partial charge in [0.15, 0.2) is 17.5 Å². The van der Waals surface area contributed by atoms with Crippen molar-refractivity contribution in [1.29, 1.82) is 0 Å². The Bertz CT molecular complexity index is 3430. The molecule has 57 heavy (non-hydrogen) atoms. The minimum absolute atomic E-state index is 0.467. The predicted molar refractivity (Wildman–Crippen MR) is 235 cm³/mol. The fraction of sp³-hybridized carbons (Fsp3) is 0.0185. The van der Waals surface area contributed by atoms with E-state index < -0.39 is 5.41 Å². The van der Waals surface area contributed by atoms with Crippen LogP contribution in [-0.2, 0) is 5.41 Å². The zero-order chi connectivity index (χ0) is 37.2. The zero-order valence-electron chi connectivity index (χ0n) is 30.7. The molecule has 1 heterocycles. The minimum Gasteiger partial charge on any atom is -0.208 e. The molecule has 2 aliphatic carbocycles. The van der Waals surface area contributed by atoms with Gasteiger partial charge >= 0.3 is 0 Å². The highest BCUT2D eigenvalue weighted by Gasteiger charge is 2.51. The molecule has 0 saturated heterocycles. The highest BCUT2D eigenvalue weighted by molar-refractivity contribution is 6.25. The fourth-order valence-corrected chi connectivity index (χ4v) is 10.4. The van der Waals surface area contributed by atoms with Crippen molar-refractivity contribution >= 4 is 53.9 Å². The van der Waals surface area contributed by atoms with Gasteiger partial charge in [0, 0.05) is 16.7 Å². The molecule has 2 aliphatic rings. The van der Waals surface area contributed by atoms with E-state index in [9.17, 15) is 0 Å². The topological polar surface area (TPSA) is 38.7 Å². The summed E-state index contributed by atoms with van der Waals surface area (Å²) < 4.78 is 0. The number of hydrogen-bond donors (Lipinski definition) is 0. The molecule has 0 saturated carbocycles. The van der Waals surface area contributed by atoms with Crippen molar-refractivity contribution in [3.8, 4) is 45.3 Å². The van der Waals surface area contributed by atoms with Gasteiger partial charge in [-0.15, -0.1) is 0 Å². The van der Waals surface area contributed by atoms with E-state index in [-0.39, 0.29) is 0 Å². The molecule has 0 radical (unpaired) electrons. The molecule has 13 rings (SSSR count). The monoisotopic (exact) mass is 721 g/mol. The molecule has 0 N–H and O–H groups in total. The van der Waals surface area contributed by atoms with Crippen LogP contribution in [0.5, 0.6) is 0 Å². The number of nitrogens with zero attached hydrogens (tertiary/aromatic N) is 3. The van der Waals surface area contributed by atoms with Gasteiger partial charge < -0.3 is 0 Å². The molecule has 10 aromatic carbocycles. The first-order chi connectivity index (χ1) is 28.3. The van der Waals surface area contributed by atoms with Gasteiger partial charge in [-0.1, -0.05) is 182 Å². The molecule has 1 spiro atoms. The summed E-state index contributed by atoms with van der Waals surface area (Å²) in [5, 5.41) is 12.6. The molecular weight excluding hydrogens is 691 g/mol. The number of hydrogen-bond acceptors (Lipinski definition) is 3. The molecule has 0 atom stereocenters. The van der Waals surface area contributed by atoms with Crippen LogP contribution in [0.2, 0.25) is 0 Å². The Morgan fingerprint density at radius 1 is 0.298 bits per heavy atom. The van der Waals surface area contributed by atoms with E-state index in [1.165, 1.54) is 87.2 Å². The van der Waals surface area contributed by atoms with E-state index >= 15 is 0 Å². The molecule has 1 aromatic heterocycles. The second kappa shape index (κ2) is 11.3. The lowest BCUT2D eigenvalue weighted by atomic mass is 9.70. The van der Waals surface area contributed by atoms with Gasteiger partial charge in [-0.2, -0.15) is 0 Å². The van der Waals surface area contributed by atoms with Gasteiger partial charge in [-0.25, -0.2) is 15.0 Å². The Morgan fingerprint density at radius 2 is 0.789 bits per heavy atom. The Hall–Kier alpha value is -7.49. The molecule has 0 bridgehead atoms. The van der Waals surface area contributed by atoms with Crippen LogP contribution in [0.4, 0.5) is 0 Å². The van der Waals surface area contributed by atoms with E-state index in [2.05, 4.69) is 170 Å². The number of rotatable bonds is 3. The average Bonchev–Trinajstić information content (AvgIpc) is 3.77. The molecule has 262 valence electrons. The maximum atomic E-state index is 5.41. The Kier molecular flexibility index (Phi) is 6.10. The smallest absolute Gasteiger partial charge is 0.164 e. The van der Waals surface area contributed by atoms with Gasteiger partial charge in [-0.05, 0) is 93.3 Å². The first-order valence-electron chi connectivity index (χ1n) is 19.6. The van der Waals surface area contributed by atoms with Gasteiger partial charge in [0.05, 0.1) is 5.41 Å². The lowest BCUT2D eigenvalue weighted by molar-refractivity contribution is 0.797. The summed E-state index contributed by atoms with van der Waals surface area (Å²) in [5.41, 5.74) is 10.1. The van der Waals surface area contributed by atoms with Crippen LogP contribution < -0.4 is 0 Å².